The number of hydrogen-bond acceptors (Lipinski definition) is 1. The third kappa shape index (κ3) is 6.51. The van der Waals surface area contributed by atoms with E-state index < -0.39 is 110 Å². The Balaban J connectivity index is 6.88. The van der Waals surface area contributed by atoms with E-state index in [-0.39, 0.29) is 0 Å². The Hall–Kier alpha value is -1.86. The van der Waals surface area contributed by atoms with Crippen molar-refractivity contribution >= 4 is 0 Å². The quantitative estimate of drug-likeness (QED) is 0.166. The summed E-state index contributed by atoms with van der Waals surface area (Å²) in [7, 11) is 0. The molecule has 45 heavy (non-hydrogen) atoms. The summed E-state index contributed by atoms with van der Waals surface area (Å²) >= 11 is 0. The molecule has 272 valence electrons. The van der Waals surface area contributed by atoms with Crippen molar-refractivity contribution in [2.75, 3.05) is 6.61 Å². The van der Waals surface area contributed by atoms with E-state index in [1.807, 2.05) is 0 Å². The topological polar surface area (TPSA) is 20.2 Å². The fourth-order valence-electron chi connectivity index (χ4n) is 3.24. The molecule has 1 N–H and O–H groups in total. The summed E-state index contributed by atoms with van der Waals surface area (Å²) in [5, 5.41) is 8.55. The summed E-state index contributed by atoms with van der Waals surface area (Å²) in [5.74, 6) is -85.8. The van der Waals surface area contributed by atoms with E-state index in [4.69, 9.17) is 5.11 Å². The van der Waals surface area contributed by atoms with Gasteiger partial charge in [0, 0.05) is 19.4 Å². The molecule has 0 aliphatic rings. The molecule has 0 aromatic rings. The molecular formula is C18H12F26O. The van der Waals surface area contributed by atoms with E-state index in [1.165, 1.54) is 0 Å². The largest absolute Gasteiger partial charge is 0.460 e. The summed E-state index contributed by atoms with van der Waals surface area (Å²) in [6.45, 7) is -1.57. The molecule has 0 rings (SSSR count). The van der Waals surface area contributed by atoms with Crippen LogP contribution in [0.2, 0.25) is 0 Å². The lowest BCUT2D eigenvalue weighted by Gasteiger charge is -2.42. The average Bonchev–Trinajstić information content (AvgIpc) is 2.79. The van der Waals surface area contributed by atoms with Gasteiger partial charge in [0.1, 0.15) is 0 Å². The van der Waals surface area contributed by atoms with Crippen molar-refractivity contribution in [3.05, 3.63) is 0 Å². The summed E-state index contributed by atoms with van der Waals surface area (Å²) in [4.78, 5) is 0. The highest BCUT2D eigenvalue weighted by Crippen LogP contribution is 2.63. The third-order valence-corrected chi connectivity index (χ3v) is 5.86. The molecule has 1 nitrogen and oxygen atoms in total. The maximum absolute atomic E-state index is 14.1. The van der Waals surface area contributed by atoms with Crippen molar-refractivity contribution in [1.82, 2.24) is 0 Å². The first-order valence-electron chi connectivity index (χ1n) is 10.7. The molecule has 0 atom stereocenters. The van der Waals surface area contributed by atoms with Crippen molar-refractivity contribution in [1.29, 1.82) is 0 Å². The maximum atomic E-state index is 14.1. The van der Waals surface area contributed by atoms with Gasteiger partial charge >= 0.3 is 71.6 Å². The Morgan fingerprint density at radius 1 is 0.333 bits per heavy atom. The van der Waals surface area contributed by atoms with Gasteiger partial charge in [-0.15, -0.1) is 0 Å². The molecule has 0 aliphatic heterocycles. The van der Waals surface area contributed by atoms with Gasteiger partial charge in [-0.1, -0.05) is 0 Å². The molecule has 0 amide bonds. The van der Waals surface area contributed by atoms with Crippen LogP contribution in [0.15, 0.2) is 0 Å². The predicted octanol–water partition coefficient (Wildman–Crippen LogP) is 9.63. The number of aliphatic hydroxyl groups is 1. The molecule has 0 aliphatic carbocycles. The highest BCUT2D eigenvalue weighted by Gasteiger charge is 2.92. The van der Waals surface area contributed by atoms with Crippen LogP contribution in [0.25, 0.3) is 0 Å². The minimum absolute atomic E-state index is 1.48. The molecule has 0 aromatic heterocycles. The zero-order valence-electron chi connectivity index (χ0n) is 20.4. The second-order valence-corrected chi connectivity index (χ2v) is 9.14. The van der Waals surface area contributed by atoms with E-state index in [1.54, 1.807) is 0 Å². The van der Waals surface area contributed by atoms with E-state index in [2.05, 4.69) is 0 Å². The van der Waals surface area contributed by atoms with Crippen LogP contribution in [-0.4, -0.2) is 83.3 Å². The summed E-state index contributed by atoms with van der Waals surface area (Å²) in [5.41, 5.74) is 0. The Bertz CT molecular complexity index is 926. The Labute approximate surface area is 230 Å². The highest BCUT2D eigenvalue weighted by molar-refractivity contribution is 5.12. The molecule has 0 aromatic carbocycles. The zero-order valence-corrected chi connectivity index (χ0v) is 20.4. The first-order chi connectivity index (χ1) is 19.1. The lowest BCUT2D eigenvalue weighted by molar-refractivity contribution is -0.443. The van der Waals surface area contributed by atoms with Gasteiger partial charge in [-0.05, 0) is 18.8 Å². The molecule has 0 fully saturated rings. The first kappa shape index (κ1) is 43.1. The van der Waals surface area contributed by atoms with Crippen molar-refractivity contribution in [2.45, 2.75) is 97.3 Å². The number of halogens is 26. The molecule has 0 radical (unpaired) electrons. The summed E-state index contributed by atoms with van der Waals surface area (Å²) in [6, 6.07) is 0. The SMILES string of the molecule is OCCCC(CC(F)(F)C(F)(F)C(F)(F)C(F)(F)C(F)(F)C(F)(F)F)CC(F)(F)C(F)(F)C(F)(F)C(F)(F)C(F)(F)C(F)(F)F. The van der Waals surface area contributed by atoms with Crippen LogP contribution < -0.4 is 0 Å². The molecule has 0 saturated heterocycles. The Kier molecular flexibility index (Phi) is 11.2. The van der Waals surface area contributed by atoms with Gasteiger partial charge in [0.25, 0.3) is 0 Å². The minimum Gasteiger partial charge on any atom is -0.396 e. The number of hydrogen-bond donors (Lipinski definition) is 1. The van der Waals surface area contributed by atoms with Crippen LogP contribution in [0.1, 0.15) is 25.7 Å². The van der Waals surface area contributed by atoms with Gasteiger partial charge in [-0.25, -0.2) is 0 Å². The lowest BCUT2D eigenvalue weighted by Crippen LogP contribution is -2.70. The fraction of sp³-hybridized carbons (Fsp3) is 1.00. The maximum Gasteiger partial charge on any atom is 0.460 e. The van der Waals surface area contributed by atoms with Crippen LogP contribution in [-0.2, 0) is 0 Å². The van der Waals surface area contributed by atoms with E-state index in [9.17, 15) is 114 Å². The second-order valence-electron chi connectivity index (χ2n) is 9.14. The summed E-state index contributed by atoms with van der Waals surface area (Å²) in [6.07, 6.45) is -27.0. The zero-order chi connectivity index (χ0) is 37.1. The van der Waals surface area contributed by atoms with Gasteiger partial charge in [-0.3, -0.25) is 0 Å². The lowest BCUT2D eigenvalue weighted by atomic mass is 9.82. The number of aliphatic hydroxyl groups excluding tert-OH is 1. The van der Waals surface area contributed by atoms with E-state index in [0.717, 1.165) is 0 Å². The van der Waals surface area contributed by atoms with Crippen molar-refractivity contribution in [2.24, 2.45) is 5.92 Å². The molecule has 0 spiro atoms. The minimum atomic E-state index is -8.56. The Morgan fingerprint density at radius 2 is 0.556 bits per heavy atom. The van der Waals surface area contributed by atoms with Gasteiger partial charge < -0.3 is 5.11 Å². The van der Waals surface area contributed by atoms with Crippen LogP contribution in [0, 0.1) is 5.92 Å². The van der Waals surface area contributed by atoms with Gasteiger partial charge in [0.05, 0.1) is 0 Å². The van der Waals surface area contributed by atoms with Crippen molar-refractivity contribution in [3.63, 3.8) is 0 Å². The summed E-state index contributed by atoms with van der Waals surface area (Å²) < 4.78 is 344. The second kappa shape index (κ2) is 11.7. The molecule has 0 unspecified atom stereocenters. The van der Waals surface area contributed by atoms with Gasteiger partial charge in [0.2, 0.25) is 0 Å². The first-order valence-corrected chi connectivity index (χ1v) is 10.7. The van der Waals surface area contributed by atoms with Crippen LogP contribution in [0.3, 0.4) is 0 Å². The monoisotopic (exact) mass is 738 g/mol. The predicted molar refractivity (Wildman–Crippen MR) is 90.6 cm³/mol. The van der Waals surface area contributed by atoms with Crippen molar-refractivity contribution in [3.8, 4) is 0 Å². The highest BCUT2D eigenvalue weighted by atomic mass is 19.4. The number of alkyl halides is 26. The van der Waals surface area contributed by atoms with E-state index in [0.29, 0.717) is 0 Å². The molecule has 0 heterocycles. The molecular weight excluding hydrogens is 726 g/mol. The number of rotatable bonds is 15. The normalized spacial score (nSPS) is 16.5. The molecule has 27 heteroatoms. The average molecular weight is 738 g/mol. The molecule has 0 bridgehead atoms. The molecule has 0 saturated carbocycles. The smallest absolute Gasteiger partial charge is 0.396 e. The van der Waals surface area contributed by atoms with Crippen LogP contribution in [0.4, 0.5) is 114 Å². The van der Waals surface area contributed by atoms with Crippen LogP contribution in [0.5, 0.6) is 0 Å². The van der Waals surface area contributed by atoms with Crippen molar-refractivity contribution < 1.29 is 119 Å². The van der Waals surface area contributed by atoms with Crippen LogP contribution >= 0.6 is 0 Å². The third-order valence-electron chi connectivity index (χ3n) is 5.86. The van der Waals surface area contributed by atoms with Gasteiger partial charge in [-0.2, -0.15) is 114 Å². The Morgan fingerprint density at radius 3 is 0.756 bits per heavy atom. The van der Waals surface area contributed by atoms with Gasteiger partial charge in [0.15, 0.2) is 0 Å². The van der Waals surface area contributed by atoms with E-state index >= 15 is 0 Å². The fourth-order valence-corrected chi connectivity index (χ4v) is 3.24. The standard InChI is InChI=1S/C18H12F26O/c19-7(20,9(23,24)11(27,28)13(31,32)15(35,36)17(39,40)41)4-6(2-1-3-45)5-8(21,22)10(25,26)12(29,30)14(33,34)16(37,38)18(42,43)44/h6,45H,1-5H2.